The first-order chi connectivity index (χ1) is 11.1. The molecule has 0 fully saturated rings. The Labute approximate surface area is 151 Å². The highest BCUT2D eigenvalue weighted by atomic mass is 35.5. The number of methoxy groups -OCH3 is 1. The van der Waals surface area contributed by atoms with E-state index in [4.69, 9.17) is 15.2 Å². The molecule has 0 spiro atoms. The van der Waals surface area contributed by atoms with E-state index >= 15 is 0 Å². The van der Waals surface area contributed by atoms with Crippen LogP contribution >= 0.6 is 12.4 Å². The fourth-order valence-corrected chi connectivity index (χ4v) is 2.45. The highest BCUT2D eigenvalue weighted by Gasteiger charge is 2.12. The average Bonchev–Trinajstić information content (AvgIpc) is 2.58. The van der Waals surface area contributed by atoms with Gasteiger partial charge >= 0.3 is 0 Å². The largest absolute Gasteiger partial charge is 0.493 e. The fourth-order valence-electron chi connectivity index (χ4n) is 2.45. The predicted molar refractivity (Wildman–Crippen MR) is 102 cm³/mol. The summed E-state index contributed by atoms with van der Waals surface area (Å²) in [6.45, 7) is 4.95. The molecule has 132 valence electrons. The molecule has 0 heterocycles. The van der Waals surface area contributed by atoms with Crippen LogP contribution in [0.3, 0.4) is 0 Å². The van der Waals surface area contributed by atoms with E-state index in [0.717, 1.165) is 35.5 Å². The van der Waals surface area contributed by atoms with Gasteiger partial charge in [0.05, 0.1) is 7.11 Å². The summed E-state index contributed by atoms with van der Waals surface area (Å²) in [4.78, 5) is 0. The molecule has 0 amide bonds. The van der Waals surface area contributed by atoms with Gasteiger partial charge in [-0.3, -0.25) is 0 Å². The molecule has 3 nitrogen and oxygen atoms in total. The van der Waals surface area contributed by atoms with Gasteiger partial charge in [0.1, 0.15) is 6.61 Å². The number of hydrogen-bond acceptors (Lipinski definition) is 3. The summed E-state index contributed by atoms with van der Waals surface area (Å²) in [6.07, 6.45) is 2.09. The number of halogens is 1. The third-order valence-corrected chi connectivity index (χ3v) is 3.91. The van der Waals surface area contributed by atoms with Crippen LogP contribution in [0.1, 0.15) is 43.9 Å². The first-order valence-electron chi connectivity index (χ1n) is 8.20. The number of hydrogen-bond donors (Lipinski definition) is 1. The second kappa shape index (κ2) is 10.2. The van der Waals surface area contributed by atoms with Crippen LogP contribution in [0.5, 0.6) is 11.5 Å². The summed E-state index contributed by atoms with van der Waals surface area (Å²) in [6, 6.07) is 16.1. The zero-order valence-electron chi connectivity index (χ0n) is 14.7. The molecule has 0 aromatic heterocycles. The minimum Gasteiger partial charge on any atom is -0.493 e. The normalized spacial score (nSPS) is 11.7. The Morgan fingerprint density at radius 2 is 1.67 bits per heavy atom. The van der Waals surface area contributed by atoms with Crippen molar-refractivity contribution in [2.24, 2.45) is 11.7 Å². The number of nitrogens with two attached hydrogens (primary N) is 1. The van der Waals surface area contributed by atoms with Crippen LogP contribution in [0, 0.1) is 5.92 Å². The van der Waals surface area contributed by atoms with Gasteiger partial charge in [-0.15, -0.1) is 12.4 Å². The van der Waals surface area contributed by atoms with Gasteiger partial charge in [-0.1, -0.05) is 50.2 Å². The molecular weight excluding hydrogens is 322 g/mol. The molecule has 0 aliphatic carbocycles. The molecule has 2 aromatic rings. The van der Waals surface area contributed by atoms with Crippen LogP contribution in [0.4, 0.5) is 0 Å². The van der Waals surface area contributed by atoms with E-state index in [0.29, 0.717) is 12.5 Å². The fraction of sp³-hybridized carbons (Fsp3) is 0.400. The molecule has 1 atom stereocenters. The third-order valence-electron chi connectivity index (χ3n) is 3.91. The maximum absolute atomic E-state index is 6.31. The highest BCUT2D eigenvalue weighted by Crippen LogP contribution is 2.31. The molecule has 2 rings (SSSR count). The first-order valence-corrected chi connectivity index (χ1v) is 8.20. The molecule has 0 aliphatic rings. The molecule has 0 bridgehead atoms. The van der Waals surface area contributed by atoms with Crippen molar-refractivity contribution in [3.05, 3.63) is 59.7 Å². The Balaban J connectivity index is 0.00000288. The van der Waals surface area contributed by atoms with Crippen molar-refractivity contribution >= 4 is 12.4 Å². The van der Waals surface area contributed by atoms with E-state index in [1.165, 1.54) is 0 Å². The Hall–Kier alpha value is -1.71. The van der Waals surface area contributed by atoms with Crippen LogP contribution < -0.4 is 15.2 Å². The van der Waals surface area contributed by atoms with Gasteiger partial charge in [-0.2, -0.15) is 0 Å². The second-order valence-electron chi connectivity index (χ2n) is 6.26. The van der Waals surface area contributed by atoms with E-state index in [9.17, 15) is 0 Å². The van der Waals surface area contributed by atoms with Crippen LogP contribution in [0.15, 0.2) is 48.5 Å². The minimum absolute atomic E-state index is 0. The molecule has 0 unspecified atom stereocenters. The maximum Gasteiger partial charge on any atom is 0.161 e. The first kappa shape index (κ1) is 20.3. The van der Waals surface area contributed by atoms with E-state index in [-0.39, 0.29) is 18.4 Å². The molecule has 2 N–H and O–H groups in total. The van der Waals surface area contributed by atoms with E-state index in [2.05, 4.69) is 13.8 Å². The third kappa shape index (κ3) is 6.06. The van der Waals surface area contributed by atoms with E-state index in [1.54, 1.807) is 7.11 Å². The van der Waals surface area contributed by atoms with Crippen molar-refractivity contribution in [3.63, 3.8) is 0 Å². The lowest BCUT2D eigenvalue weighted by Gasteiger charge is -2.17. The van der Waals surface area contributed by atoms with Crippen LogP contribution in [0.2, 0.25) is 0 Å². The molecule has 0 saturated heterocycles. The van der Waals surface area contributed by atoms with Crippen LogP contribution in [-0.2, 0) is 6.61 Å². The smallest absolute Gasteiger partial charge is 0.161 e. The zero-order chi connectivity index (χ0) is 16.7. The number of rotatable bonds is 8. The summed E-state index contributed by atoms with van der Waals surface area (Å²) in [7, 11) is 1.66. The molecule has 0 radical (unpaired) electrons. The Morgan fingerprint density at radius 3 is 2.29 bits per heavy atom. The highest BCUT2D eigenvalue weighted by molar-refractivity contribution is 5.85. The number of ether oxygens (including phenoxy) is 2. The van der Waals surface area contributed by atoms with Crippen LogP contribution in [0.25, 0.3) is 0 Å². The van der Waals surface area contributed by atoms with Gasteiger partial charge in [0.25, 0.3) is 0 Å². The van der Waals surface area contributed by atoms with Gasteiger partial charge in [0, 0.05) is 6.04 Å². The SMILES string of the molecule is COc1ccc([C@@H](N)CCC(C)C)cc1OCc1ccccc1.Cl. The van der Waals surface area contributed by atoms with Gasteiger partial charge in [-0.05, 0) is 42.0 Å². The van der Waals surface area contributed by atoms with Crippen molar-refractivity contribution in [3.8, 4) is 11.5 Å². The summed E-state index contributed by atoms with van der Waals surface area (Å²) >= 11 is 0. The van der Waals surface area contributed by atoms with Crippen molar-refractivity contribution < 1.29 is 9.47 Å². The van der Waals surface area contributed by atoms with Gasteiger partial charge < -0.3 is 15.2 Å². The molecule has 4 heteroatoms. The maximum atomic E-state index is 6.31. The monoisotopic (exact) mass is 349 g/mol. The predicted octanol–water partition coefficient (Wildman–Crippen LogP) is 5.13. The molecule has 2 aromatic carbocycles. The Bertz CT molecular complexity index is 602. The minimum atomic E-state index is 0. The lowest BCUT2D eigenvalue weighted by molar-refractivity contribution is 0.284. The van der Waals surface area contributed by atoms with Crippen LogP contribution in [-0.4, -0.2) is 7.11 Å². The van der Waals surface area contributed by atoms with Crippen molar-refractivity contribution in [1.29, 1.82) is 0 Å². The lowest BCUT2D eigenvalue weighted by atomic mass is 9.98. The molecular formula is C20H28ClNO2. The Kier molecular flexibility index (Phi) is 8.66. The summed E-state index contributed by atoms with van der Waals surface area (Å²) in [5.74, 6) is 2.14. The average molecular weight is 350 g/mol. The summed E-state index contributed by atoms with van der Waals surface area (Å²) in [5.41, 5.74) is 8.54. The molecule has 24 heavy (non-hydrogen) atoms. The van der Waals surface area contributed by atoms with Gasteiger partial charge in [0.15, 0.2) is 11.5 Å². The lowest BCUT2D eigenvalue weighted by Crippen LogP contribution is -2.11. The Morgan fingerprint density at radius 1 is 0.958 bits per heavy atom. The summed E-state index contributed by atoms with van der Waals surface area (Å²) in [5, 5.41) is 0. The van der Waals surface area contributed by atoms with Crippen molar-refractivity contribution in [2.45, 2.75) is 39.3 Å². The molecule has 0 aliphatic heterocycles. The topological polar surface area (TPSA) is 44.5 Å². The van der Waals surface area contributed by atoms with Crippen molar-refractivity contribution in [2.75, 3.05) is 7.11 Å². The van der Waals surface area contributed by atoms with E-state index < -0.39 is 0 Å². The van der Waals surface area contributed by atoms with Gasteiger partial charge in [-0.25, -0.2) is 0 Å². The molecule has 0 saturated carbocycles. The summed E-state index contributed by atoms with van der Waals surface area (Å²) < 4.78 is 11.4. The van der Waals surface area contributed by atoms with Crippen molar-refractivity contribution in [1.82, 2.24) is 0 Å². The van der Waals surface area contributed by atoms with E-state index in [1.807, 2.05) is 48.5 Å². The quantitative estimate of drug-likeness (QED) is 0.718. The second-order valence-corrected chi connectivity index (χ2v) is 6.26. The zero-order valence-corrected chi connectivity index (χ0v) is 15.5. The standard InChI is InChI=1S/C20H27NO2.ClH/c1-15(2)9-11-18(21)17-10-12-19(22-3)20(13-17)23-14-16-7-5-4-6-8-16;/h4-8,10,12-13,15,18H,9,11,14,21H2,1-3H3;1H/t18-;/m0./s1. The van der Waals surface area contributed by atoms with Gasteiger partial charge in [0.2, 0.25) is 0 Å². The number of benzene rings is 2.